The first-order valence-electron chi connectivity index (χ1n) is 8.95. The van der Waals surface area contributed by atoms with Crippen molar-refractivity contribution in [2.45, 2.75) is 50.1 Å². The summed E-state index contributed by atoms with van der Waals surface area (Å²) in [6, 6.07) is 0. The van der Waals surface area contributed by atoms with Crippen LogP contribution in [0.4, 0.5) is 0 Å². The summed E-state index contributed by atoms with van der Waals surface area (Å²) in [7, 11) is 0. The molecule has 26 heavy (non-hydrogen) atoms. The number of esters is 2. The van der Waals surface area contributed by atoms with Gasteiger partial charge in [0.15, 0.2) is 0 Å². The molecule has 4 rings (SSSR count). The molecule has 2 aliphatic heterocycles. The van der Waals surface area contributed by atoms with Crippen LogP contribution in [-0.4, -0.2) is 59.3 Å². The highest BCUT2D eigenvalue weighted by atomic mass is 16.6. The van der Waals surface area contributed by atoms with E-state index < -0.39 is 53.8 Å². The van der Waals surface area contributed by atoms with Crippen LogP contribution in [0.15, 0.2) is 24.3 Å². The molecule has 7 heteroatoms. The van der Waals surface area contributed by atoms with Crippen LogP contribution in [0.3, 0.4) is 0 Å². The fraction of sp³-hybridized carbons (Fsp3) is 0.684. The third kappa shape index (κ3) is 2.30. The van der Waals surface area contributed by atoms with E-state index in [0.29, 0.717) is 31.4 Å². The Morgan fingerprint density at radius 3 is 2.77 bits per heavy atom. The van der Waals surface area contributed by atoms with E-state index in [-0.39, 0.29) is 11.5 Å². The average molecular weight is 364 g/mol. The van der Waals surface area contributed by atoms with Crippen molar-refractivity contribution in [2.75, 3.05) is 13.2 Å². The van der Waals surface area contributed by atoms with Gasteiger partial charge in [0.2, 0.25) is 0 Å². The number of fused-ring (bicyclic) bond motifs is 4. The fourth-order valence-corrected chi connectivity index (χ4v) is 5.39. The number of hydrogen-bond acceptors (Lipinski definition) is 7. The van der Waals surface area contributed by atoms with Gasteiger partial charge in [-0.3, -0.25) is 0 Å². The summed E-state index contributed by atoms with van der Waals surface area (Å²) in [6.07, 6.45) is -0.217. The molecule has 4 aliphatic rings. The fourth-order valence-electron chi connectivity index (χ4n) is 5.39. The first-order valence-corrected chi connectivity index (χ1v) is 8.95. The zero-order chi connectivity index (χ0) is 18.9. The van der Waals surface area contributed by atoms with Crippen molar-refractivity contribution in [3.8, 4) is 0 Å². The van der Waals surface area contributed by atoms with Crippen LogP contribution >= 0.6 is 0 Å². The van der Waals surface area contributed by atoms with Crippen molar-refractivity contribution >= 4 is 11.9 Å². The zero-order valence-electron chi connectivity index (χ0n) is 14.8. The Hall–Kier alpha value is -1.70. The smallest absolute Gasteiger partial charge is 0.336 e. The molecular formula is C19H24O7. The lowest BCUT2D eigenvalue weighted by atomic mass is 9.51. The van der Waals surface area contributed by atoms with Crippen LogP contribution in [-0.2, 0) is 23.8 Å². The van der Waals surface area contributed by atoms with Crippen LogP contribution in [0.25, 0.3) is 0 Å². The molecule has 4 fully saturated rings. The highest BCUT2D eigenvalue weighted by molar-refractivity contribution is 5.91. The van der Waals surface area contributed by atoms with E-state index in [1.807, 2.05) is 6.92 Å². The molecule has 1 spiro atoms. The van der Waals surface area contributed by atoms with E-state index in [1.165, 1.54) is 0 Å². The SMILES string of the molecule is C=C(CO)C(=O)O[C@H]1CC[C@]2(CO2)[C@@H]2[C@H]3OC(=O)C(=C)[C@@H]3[C@@H](O)C[C@@]12C. The maximum Gasteiger partial charge on any atom is 0.336 e. The van der Waals surface area contributed by atoms with Gasteiger partial charge in [0.25, 0.3) is 0 Å². The summed E-state index contributed by atoms with van der Waals surface area (Å²) in [5.74, 6) is -1.77. The number of ether oxygens (including phenoxy) is 3. The molecule has 2 N–H and O–H groups in total. The number of epoxide rings is 1. The Morgan fingerprint density at radius 1 is 1.46 bits per heavy atom. The highest BCUT2D eigenvalue weighted by Crippen LogP contribution is 2.63. The molecule has 0 amide bonds. The Bertz CT molecular complexity index is 694. The monoisotopic (exact) mass is 364 g/mol. The summed E-state index contributed by atoms with van der Waals surface area (Å²) in [5.41, 5.74) is -0.734. The summed E-state index contributed by atoms with van der Waals surface area (Å²) in [5, 5.41) is 19.9. The number of hydrogen-bond donors (Lipinski definition) is 2. The van der Waals surface area contributed by atoms with Gasteiger partial charge in [0, 0.05) is 16.9 Å². The number of aliphatic hydroxyl groups excluding tert-OH is 2. The van der Waals surface area contributed by atoms with E-state index in [1.54, 1.807) is 0 Å². The summed E-state index contributed by atoms with van der Waals surface area (Å²) in [4.78, 5) is 24.3. The van der Waals surface area contributed by atoms with Gasteiger partial charge in [-0.05, 0) is 19.3 Å². The maximum atomic E-state index is 12.2. The molecular weight excluding hydrogens is 340 g/mol. The lowest BCUT2D eigenvalue weighted by molar-refractivity contribution is -0.202. The molecule has 142 valence electrons. The van der Waals surface area contributed by atoms with Crippen LogP contribution in [0.2, 0.25) is 0 Å². The van der Waals surface area contributed by atoms with Crippen LogP contribution < -0.4 is 0 Å². The second-order valence-electron chi connectivity index (χ2n) is 8.22. The minimum atomic E-state index is -0.809. The quantitative estimate of drug-likeness (QED) is 0.427. The zero-order valence-corrected chi connectivity index (χ0v) is 14.8. The summed E-state index contributed by atoms with van der Waals surface area (Å²) >= 11 is 0. The predicted octanol–water partition coefficient (Wildman–Crippen LogP) is 0.494. The second kappa shape index (κ2) is 5.65. The molecule has 7 nitrogen and oxygen atoms in total. The Labute approximate surface area is 151 Å². The Morgan fingerprint density at radius 2 is 2.15 bits per heavy atom. The summed E-state index contributed by atoms with van der Waals surface area (Å²) < 4.78 is 17.1. The van der Waals surface area contributed by atoms with E-state index in [4.69, 9.17) is 19.3 Å². The minimum Gasteiger partial charge on any atom is -0.458 e. The second-order valence-corrected chi connectivity index (χ2v) is 8.22. The van der Waals surface area contributed by atoms with Crippen molar-refractivity contribution in [3.63, 3.8) is 0 Å². The van der Waals surface area contributed by atoms with E-state index in [2.05, 4.69) is 13.2 Å². The van der Waals surface area contributed by atoms with E-state index in [0.717, 1.165) is 0 Å². The van der Waals surface area contributed by atoms with Crippen LogP contribution in [0, 0.1) is 17.3 Å². The van der Waals surface area contributed by atoms with Crippen molar-refractivity contribution < 1.29 is 34.0 Å². The predicted molar refractivity (Wildman–Crippen MR) is 88.8 cm³/mol. The third-order valence-corrected chi connectivity index (χ3v) is 6.74. The average Bonchev–Trinajstić information content (AvgIpc) is 3.29. The van der Waals surface area contributed by atoms with Gasteiger partial charge in [-0.15, -0.1) is 0 Å². The molecule has 0 aromatic heterocycles. The topological polar surface area (TPSA) is 106 Å². The van der Waals surface area contributed by atoms with Crippen molar-refractivity contribution in [1.82, 2.24) is 0 Å². The van der Waals surface area contributed by atoms with Crippen molar-refractivity contribution in [1.29, 1.82) is 0 Å². The molecule has 2 saturated heterocycles. The van der Waals surface area contributed by atoms with Gasteiger partial charge in [0.1, 0.15) is 12.2 Å². The molecule has 0 aromatic rings. The van der Waals surface area contributed by atoms with Crippen LogP contribution in [0.5, 0.6) is 0 Å². The summed E-state index contributed by atoms with van der Waals surface area (Å²) in [6.45, 7) is 9.37. The molecule has 2 saturated carbocycles. The number of aliphatic hydroxyl groups is 2. The van der Waals surface area contributed by atoms with Gasteiger partial charge in [0.05, 0.1) is 36.4 Å². The molecule has 0 aromatic carbocycles. The van der Waals surface area contributed by atoms with Crippen molar-refractivity contribution in [3.05, 3.63) is 24.3 Å². The Balaban J connectivity index is 1.69. The number of carbonyl (C=O) groups is 2. The highest BCUT2D eigenvalue weighted by Gasteiger charge is 2.72. The number of carbonyl (C=O) groups excluding carboxylic acids is 2. The van der Waals surface area contributed by atoms with Gasteiger partial charge in [-0.1, -0.05) is 20.1 Å². The normalized spacial score (nSPS) is 46.3. The maximum absolute atomic E-state index is 12.2. The first kappa shape index (κ1) is 17.7. The van der Waals surface area contributed by atoms with E-state index in [9.17, 15) is 14.7 Å². The molecule has 2 aliphatic carbocycles. The van der Waals surface area contributed by atoms with Crippen LogP contribution in [0.1, 0.15) is 26.2 Å². The Kier molecular flexibility index (Phi) is 3.84. The number of rotatable bonds is 3. The van der Waals surface area contributed by atoms with E-state index >= 15 is 0 Å². The molecule has 2 heterocycles. The molecule has 0 bridgehead atoms. The first-order chi connectivity index (χ1) is 12.2. The molecule has 0 radical (unpaired) electrons. The molecule has 0 unspecified atom stereocenters. The molecule has 7 atom stereocenters. The van der Waals surface area contributed by atoms with Gasteiger partial charge in [-0.25, -0.2) is 9.59 Å². The van der Waals surface area contributed by atoms with Crippen molar-refractivity contribution in [2.24, 2.45) is 17.3 Å². The van der Waals surface area contributed by atoms with Gasteiger partial charge >= 0.3 is 11.9 Å². The minimum absolute atomic E-state index is 0.0111. The van der Waals surface area contributed by atoms with Gasteiger partial charge in [-0.2, -0.15) is 0 Å². The standard InChI is InChI=1S/C19H24O7/c1-9(7-20)16(22)25-12-4-5-19(8-24-19)15-14-13(10(2)17(23)26-14)11(21)6-18(12,15)3/h11-15,20-21H,1-2,4-8H2,3H3/t11-,12-,13+,14-,15+,18-,19-/m0/s1. The lowest BCUT2D eigenvalue weighted by Crippen LogP contribution is -2.63. The van der Waals surface area contributed by atoms with Gasteiger partial charge < -0.3 is 24.4 Å². The lowest BCUT2D eigenvalue weighted by Gasteiger charge is -2.56. The third-order valence-electron chi connectivity index (χ3n) is 6.74. The largest absolute Gasteiger partial charge is 0.458 e.